The van der Waals surface area contributed by atoms with Gasteiger partial charge in [-0.25, -0.2) is 0 Å². The molecule has 3 unspecified atom stereocenters. The Morgan fingerprint density at radius 3 is 2.89 bits per heavy atom. The summed E-state index contributed by atoms with van der Waals surface area (Å²) in [5, 5.41) is 12.5. The number of hydrogen-bond donors (Lipinski definition) is 2. The molecule has 4 nitrogen and oxygen atoms in total. The molecule has 4 heteroatoms. The van der Waals surface area contributed by atoms with Gasteiger partial charge < -0.3 is 10.4 Å². The molecule has 0 radical (unpaired) electrons. The molecule has 0 amide bonds. The van der Waals surface area contributed by atoms with Crippen LogP contribution in [0.2, 0.25) is 0 Å². The molecule has 18 heavy (non-hydrogen) atoms. The predicted octanol–water partition coefficient (Wildman–Crippen LogP) is 2.01. The van der Waals surface area contributed by atoms with Gasteiger partial charge in [0.2, 0.25) is 0 Å². The summed E-state index contributed by atoms with van der Waals surface area (Å²) in [6.07, 6.45) is 2.03. The largest absolute Gasteiger partial charge is 0.481 e. The van der Waals surface area contributed by atoms with Crippen molar-refractivity contribution in [1.82, 2.24) is 5.32 Å². The Bertz CT molecular complexity index is 458. The van der Waals surface area contributed by atoms with Crippen molar-refractivity contribution in [1.29, 1.82) is 0 Å². The number of aliphatic carboxylic acids is 1. The first-order valence-corrected chi connectivity index (χ1v) is 6.14. The van der Waals surface area contributed by atoms with Crippen LogP contribution in [0, 0.1) is 5.92 Å². The molecule has 1 fully saturated rings. The summed E-state index contributed by atoms with van der Waals surface area (Å²) in [7, 11) is 0. The third-order valence-corrected chi connectivity index (χ3v) is 3.44. The van der Waals surface area contributed by atoms with Gasteiger partial charge >= 0.3 is 5.97 Å². The van der Waals surface area contributed by atoms with Crippen molar-refractivity contribution in [2.75, 3.05) is 0 Å². The first-order valence-electron chi connectivity index (χ1n) is 6.14. The average molecular weight is 247 g/mol. The van der Waals surface area contributed by atoms with E-state index in [1.165, 1.54) is 0 Å². The topological polar surface area (TPSA) is 66.4 Å². The van der Waals surface area contributed by atoms with E-state index in [2.05, 4.69) is 5.32 Å². The second-order valence-electron chi connectivity index (χ2n) is 4.91. The molecule has 96 valence electrons. The molecule has 3 atom stereocenters. The van der Waals surface area contributed by atoms with Gasteiger partial charge in [0, 0.05) is 17.6 Å². The van der Waals surface area contributed by atoms with Gasteiger partial charge in [-0.15, -0.1) is 0 Å². The number of hydrogen-bond acceptors (Lipinski definition) is 3. The van der Waals surface area contributed by atoms with Gasteiger partial charge in [0.15, 0.2) is 0 Å². The van der Waals surface area contributed by atoms with Crippen LogP contribution in [0.15, 0.2) is 24.3 Å². The minimum Gasteiger partial charge on any atom is -0.481 e. The zero-order valence-corrected chi connectivity index (χ0v) is 10.3. The van der Waals surface area contributed by atoms with E-state index >= 15 is 0 Å². The van der Waals surface area contributed by atoms with Crippen molar-refractivity contribution < 1.29 is 14.7 Å². The smallest absolute Gasteiger partial charge is 0.306 e. The molecule has 2 N–H and O–H groups in total. The molecule has 0 spiro atoms. The number of carboxylic acids is 1. The van der Waals surface area contributed by atoms with Crippen LogP contribution < -0.4 is 5.32 Å². The van der Waals surface area contributed by atoms with Gasteiger partial charge in [0.1, 0.15) is 6.29 Å². The standard InChI is InChI=1S/C14H17NO3/c1-9-5-12(14(17)18)7-13(15-9)11-4-2-3-10(6-11)8-16/h2-4,6,8-9,12-13,15H,5,7H2,1H3,(H,17,18). The predicted molar refractivity (Wildman–Crippen MR) is 67.5 cm³/mol. The second kappa shape index (κ2) is 5.31. The molecule has 2 rings (SSSR count). The molecular weight excluding hydrogens is 230 g/mol. The zero-order chi connectivity index (χ0) is 13.1. The van der Waals surface area contributed by atoms with E-state index in [0.717, 1.165) is 11.8 Å². The first-order chi connectivity index (χ1) is 8.60. The van der Waals surface area contributed by atoms with Crippen LogP contribution >= 0.6 is 0 Å². The Labute approximate surface area is 106 Å². The van der Waals surface area contributed by atoms with Crippen molar-refractivity contribution in [3.8, 4) is 0 Å². The molecule has 0 bridgehead atoms. The molecule has 0 saturated carbocycles. The molecule has 1 saturated heterocycles. The monoisotopic (exact) mass is 247 g/mol. The van der Waals surface area contributed by atoms with Gasteiger partial charge in [-0.2, -0.15) is 0 Å². The Kier molecular flexibility index (Phi) is 3.77. The van der Waals surface area contributed by atoms with Crippen molar-refractivity contribution in [2.45, 2.75) is 31.8 Å². The van der Waals surface area contributed by atoms with Crippen LogP contribution in [-0.4, -0.2) is 23.4 Å². The highest BCUT2D eigenvalue weighted by atomic mass is 16.4. The number of carbonyl (C=O) groups is 2. The lowest BCUT2D eigenvalue weighted by atomic mass is 9.85. The molecule has 1 heterocycles. The maximum atomic E-state index is 11.1. The SMILES string of the molecule is CC1CC(C(=O)O)CC(c2cccc(C=O)c2)N1. The van der Waals surface area contributed by atoms with Crippen LogP contribution in [-0.2, 0) is 4.79 Å². The van der Waals surface area contributed by atoms with Crippen LogP contribution in [0.5, 0.6) is 0 Å². The number of nitrogens with one attached hydrogen (secondary N) is 1. The Hall–Kier alpha value is -1.68. The minimum atomic E-state index is -0.736. The van der Waals surface area contributed by atoms with E-state index in [0.29, 0.717) is 18.4 Å². The van der Waals surface area contributed by atoms with Gasteiger partial charge in [0.05, 0.1) is 5.92 Å². The van der Waals surface area contributed by atoms with Gasteiger partial charge in [-0.1, -0.05) is 18.2 Å². The number of benzene rings is 1. The second-order valence-corrected chi connectivity index (χ2v) is 4.91. The number of carbonyl (C=O) groups excluding carboxylic acids is 1. The van der Waals surface area contributed by atoms with Gasteiger partial charge in [-0.3, -0.25) is 9.59 Å². The van der Waals surface area contributed by atoms with E-state index in [1.807, 2.05) is 25.1 Å². The highest BCUT2D eigenvalue weighted by Gasteiger charge is 2.31. The van der Waals surface area contributed by atoms with Crippen LogP contribution in [0.1, 0.15) is 41.7 Å². The average Bonchev–Trinajstić information content (AvgIpc) is 2.38. The summed E-state index contributed by atoms with van der Waals surface area (Å²) in [6.45, 7) is 1.99. The molecule has 0 aliphatic carbocycles. The van der Waals surface area contributed by atoms with E-state index in [-0.39, 0.29) is 18.0 Å². The Balaban J connectivity index is 2.20. The highest BCUT2D eigenvalue weighted by molar-refractivity contribution is 5.75. The van der Waals surface area contributed by atoms with E-state index in [9.17, 15) is 9.59 Å². The first kappa shape index (κ1) is 12.8. The Morgan fingerprint density at radius 1 is 1.44 bits per heavy atom. The molecule has 1 aliphatic rings. The molecule has 1 aromatic rings. The lowest BCUT2D eigenvalue weighted by molar-refractivity contribution is -0.143. The lowest BCUT2D eigenvalue weighted by Crippen LogP contribution is -2.41. The number of piperidine rings is 1. The van der Waals surface area contributed by atoms with Crippen molar-refractivity contribution >= 4 is 12.3 Å². The summed E-state index contributed by atoms with van der Waals surface area (Å²) in [6, 6.07) is 7.51. The lowest BCUT2D eigenvalue weighted by Gasteiger charge is -2.33. The van der Waals surface area contributed by atoms with Crippen molar-refractivity contribution in [3.63, 3.8) is 0 Å². The third-order valence-electron chi connectivity index (χ3n) is 3.44. The van der Waals surface area contributed by atoms with Gasteiger partial charge in [-0.05, 0) is 31.4 Å². The molecule has 1 aromatic carbocycles. The fourth-order valence-electron chi connectivity index (χ4n) is 2.57. The Morgan fingerprint density at radius 2 is 2.22 bits per heavy atom. The van der Waals surface area contributed by atoms with E-state index in [1.54, 1.807) is 6.07 Å². The van der Waals surface area contributed by atoms with E-state index in [4.69, 9.17) is 5.11 Å². The zero-order valence-electron chi connectivity index (χ0n) is 10.3. The van der Waals surface area contributed by atoms with Crippen LogP contribution in [0.4, 0.5) is 0 Å². The summed E-state index contributed by atoms with van der Waals surface area (Å²) in [5.41, 5.74) is 1.61. The molecule has 1 aliphatic heterocycles. The van der Waals surface area contributed by atoms with Gasteiger partial charge in [0.25, 0.3) is 0 Å². The maximum Gasteiger partial charge on any atom is 0.306 e. The fourth-order valence-corrected chi connectivity index (χ4v) is 2.57. The summed E-state index contributed by atoms with van der Waals surface area (Å²) in [5.74, 6) is -1.05. The minimum absolute atomic E-state index is 0.00903. The fraction of sp³-hybridized carbons (Fsp3) is 0.429. The number of carboxylic acid groups (broad SMARTS) is 1. The quantitative estimate of drug-likeness (QED) is 0.802. The molecular formula is C14H17NO3. The summed E-state index contributed by atoms with van der Waals surface area (Å²) >= 11 is 0. The van der Waals surface area contributed by atoms with Crippen molar-refractivity contribution in [2.24, 2.45) is 5.92 Å². The van der Waals surface area contributed by atoms with Crippen LogP contribution in [0.3, 0.4) is 0 Å². The normalized spacial score (nSPS) is 27.7. The molecule has 0 aromatic heterocycles. The maximum absolute atomic E-state index is 11.1. The number of rotatable bonds is 3. The van der Waals surface area contributed by atoms with Crippen LogP contribution in [0.25, 0.3) is 0 Å². The third kappa shape index (κ3) is 2.76. The number of aldehydes is 1. The van der Waals surface area contributed by atoms with E-state index < -0.39 is 5.97 Å². The van der Waals surface area contributed by atoms with Crippen molar-refractivity contribution in [3.05, 3.63) is 35.4 Å². The summed E-state index contributed by atoms with van der Waals surface area (Å²) in [4.78, 5) is 21.9. The summed E-state index contributed by atoms with van der Waals surface area (Å²) < 4.78 is 0. The highest BCUT2D eigenvalue weighted by Crippen LogP contribution is 2.30.